The molecule has 1 heterocycles. The van der Waals surface area contributed by atoms with Crippen LogP contribution in [0.15, 0.2) is 39.1 Å². The molecule has 19 heavy (non-hydrogen) atoms. The molecule has 1 aromatic carbocycles. The molecule has 0 spiro atoms. The summed E-state index contributed by atoms with van der Waals surface area (Å²) in [7, 11) is 0. The Hall–Kier alpha value is -1.75. The van der Waals surface area contributed by atoms with Crippen LogP contribution < -0.4 is 11.3 Å². The molecule has 0 bridgehead atoms. The highest BCUT2D eigenvalue weighted by Crippen LogP contribution is 2.32. The number of nitrogens with two attached hydrogens (primary N) is 1. The van der Waals surface area contributed by atoms with Crippen molar-refractivity contribution in [3.8, 4) is 0 Å². The van der Waals surface area contributed by atoms with Gasteiger partial charge < -0.3 is 10.7 Å². The van der Waals surface area contributed by atoms with Gasteiger partial charge in [-0.2, -0.15) is 0 Å². The Morgan fingerprint density at radius 1 is 1.42 bits per heavy atom. The Bertz CT molecular complexity index is 617. The summed E-state index contributed by atoms with van der Waals surface area (Å²) < 4.78 is 0. The molecule has 2 rings (SSSR count). The molecule has 0 amide bonds. The third-order valence-corrected chi connectivity index (χ3v) is 3.87. The van der Waals surface area contributed by atoms with Crippen LogP contribution in [-0.4, -0.2) is 9.97 Å². The molecule has 4 nitrogen and oxygen atoms in total. The van der Waals surface area contributed by atoms with E-state index < -0.39 is 0 Å². The predicted octanol–water partition coefficient (Wildman–Crippen LogP) is 2.76. The summed E-state index contributed by atoms with van der Waals surface area (Å²) in [5, 5.41) is 0.594. The molecule has 0 fully saturated rings. The highest BCUT2D eigenvalue weighted by Gasteiger charge is 2.08. The van der Waals surface area contributed by atoms with E-state index in [0.29, 0.717) is 10.8 Å². The molecule has 5 heteroatoms. The van der Waals surface area contributed by atoms with Crippen molar-refractivity contribution < 1.29 is 0 Å². The van der Waals surface area contributed by atoms with Crippen molar-refractivity contribution in [1.29, 1.82) is 0 Å². The molecular formula is C14H17N3OS. The topological polar surface area (TPSA) is 71.8 Å². The second-order valence-electron chi connectivity index (χ2n) is 4.39. The number of benzene rings is 1. The zero-order chi connectivity index (χ0) is 13.8. The van der Waals surface area contributed by atoms with Gasteiger partial charge in [0.05, 0.1) is 0 Å². The SMILES string of the molecule is CCCc1cc(=O)[nH]c(Sc2c(C)cccc2N)n1. The van der Waals surface area contributed by atoms with E-state index in [4.69, 9.17) is 5.73 Å². The minimum Gasteiger partial charge on any atom is -0.398 e. The van der Waals surface area contributed by atoms with Crippen LogP contribution >= 0.6 is 11.8 Å². The summed E-state index contributed by atoms with van der Waals surface area (Å²) in [5.41, 5.74) is 8.45. The van der Waals surface area contributed by atoms with E-state index >= 15 is 0 Å². The maximum absolute atomic E-state index is 11.6. The fourth-order valence-corrected chi connectivity index (χ4v) is 2.75. The van der Waals surface area contributed by atoms with Crippen molar-refractivity contribution in [2.24, 2.45) is 0 Å². The minimum absolute atomic E-state index is 0.117. The average Bonchev–Trinajstić information content (AvgIpc) is 2.34. The van der Waals surface area contributed by atoms with E-state index in [0.717, 1.165) is 29.0 Å². The predicted molar refractivity (Wildman–Crippen MR) is 78.6 cm³/mol. The van der Waals surface area contributed by atoms with E-state index in [1.165, 1.54) is 11.8 Å². The number of rotatable bonds is 4. The summed E-state index contributed by atoms with van der Waals surface area (Å²) in [6.45, 7) is 4.06. The van der Waals surface area contributed by atoms with Gasteiger partial charge in [0.25, 0.3) is 5.56 Å². The average molecular weight is 275 g/mol. The molecule has 0 unspecified atom stereocenters. The van der Waals surface area contributed by atoms with Crippen LogP contribution in [0.2, 0.25) is 0 Å². The van der Waals surface area contributed by atoms with Crippen molar-refractivity contribution in [3.63, 3.8) is 0 Å². The Kier molecular flexibility index (Phi) is 4.27. The quantitative estimate of drug-likeness (QED) is 0.665. The normalized spacial score (nSPS) is 10.6. The molecule has 100 valence electrons. The smallest absolute Gasteiger partial charge is 0.251 e. The van der Waals surface area contributed by atoms with Gasteiger partial charge in [-0.25, -0.2) is 4.98 Å². The number of aromatic amines is 1. The van der Waals surface area contributed by atoms with Gasteiger partial charge in [0.2, 0.25) is 0 Å². The second-order valence-corrected chi connectivity index (χ2v) is 5.39. The molecule has 0 saturated heterocycles. The fraction of sp³-hybridized carbons (Fsp3) is 0.286. The number of hydrogen-bond donors (Lipinski definition) is 2. The van der Waals surface area contributed by atoms with Crippen molar-refractivity contribution in [3.05, 3.63) is 45.9 Å². The molecule has 0 radical (unpaired) electrons. The summed E-state index contributed by atoms with van der Waals surface area (Å²) in [6.07, 6.45) is 1.77. The molecular weight excluding hydrogens is 258 g/mol. The number of nitrogen functional groups attached to an aromatic ring is 1. The van der Waals surface area contributed by atoms with Gasteiger partial charge in [-0.3, -0.25) is 4.79 Å². The highest BCUT2D eigenvalue weighted by molar-refractivity contribution is 7.99. The van der Waals surface area contributed by atoms with E-state index in [9.17, 15) is 4.79 Å². The van der Waals surface area contributed by atoms with Crippen molar-refractivity contribution in [2.75, 3.05) is 5.73 Å². The Balaban J connectivity index is 2.35. The van der Waals surface area contributed by atoms with Gasteiger partial charge >= 0.3 is 0 Å². The number of aryl methyl sites for hydroxylation is 2. The first-order valence-electron chi connectivity index (χ1n) is 6.23. The van der Waals surface area contributed by atoms with E-state index in [2.05, 4.69) is 16.9 Å². The molecule has 3 N–H and O–H groups in total. The molecule has 2 aromatic rings. The number of anilines is 1. The Morgan fingerprint density at radius 2 is 2.21 bits per heavy atom. The van der Waals surface area contributed by atoms with Crippen molar-refractivity contribution >= 4 is 17.4 Å². The molecule has 0 aliphatic rings. The highest BCUT2D eigenvalue weighted by atomic mass is 32.2. The van der Waals surface area contributed by atoms with Gasteiger partial charge in [0, 0.05) is 22.3 Å². The first-order chi connectivity index (χ1) is 9.10. The fourth-order valence-electron chi connectivity index (χ4n) is 1.83. The number of H-pyrrole nitrogens is 1. The summed E-state index contributed by atoms with van der Waals surface area (Å²) >= 11 is 1.40. The molecule has 0 aliphatic heterocycles. The first kappa shape index (κ1) is 13.7. The van der Waals surface area contributed by atoms with Gasteiger partial charge in [-0.15, -0.1) is 0 Å². The molecule has 0 atom stereocenters. The lowest BCUT2D eigenvalue weighted by molar-refractivity contribution is 0.816. The third kappa shape index (κ3) is 3.38. The third-order valence-electron chi connectivity index (χ3n) is 2.72. The largest absolute Gasteiger partial charge is 0.398 e. The van der Waals surface area contributed by atoms with Crippen LogP contribution in [0.4, 0.5) is 5.69 Å². The van der Waals surface area contributed by atoms with E-state index in [-0.39, 0.29) is 5.56 Å². The van der Waals surface area contributed by atoms with Gasteiger partial charge in [0.15, 0.2) is 5.16 Å². The van der Waals surface area contributed by atoms with Crippen LogP contribution in [0.5, 0.6) is 0 Å². The van der Waals surface area contributed by atoms with E-state index in [1.807, 2.05) is 25.1 Å². The second kappa shape index (κ2) is 5.93. The van der Waals surface area contributed by atoms with Gasteiger partial charge in [-0.1, -0.05) is 25.5 Å². The molecule has 0 saturated carbocycles. The van der Waals surface area contributed by atoms with Crippen LogP contribution in [0, 0.1) is 6.92 Å². The maximum Gasteiger partial charge on any atom is 0.251 e. The molecule has 1 aromatic heterocycles. The lowest BCUT2D eigenvalue weighted by Crippen LogP contribution is -2.10. The summed E-state index contributed by atoms with van der Waals surface area (Å²) in [6, 6.07) is 7.31. The Labute approximate surface area is 116 Å². The number of nitrogens with zero attached hydrogens (tertiary/aromatic N) is 1. The summed E-state index contributed by atoms with van der Waals surface area (Å²) in [5.74, 6) is 0. The van der Waals surface area contributed by atoms with E-state index in [1.54, 1.807) is 6.07 Å². The van der Waals surface area contributed by atoms with Gasteiger partial charge in [-0.05, 0) is 36.7 Å². The zero-order valence-electron chi connectivity index (χ0n) is 11.1. The minimum atomic E-state index is -0.117. The van der Waals surface area contributed by atoms with Crippen LogP contribution in [0.1, 0.15) is 24.6 Å². The Morgan fingerprint density at radius 3 is 2.89 bits per heavy atom. The monoisotopic (exact) mass is 275 g/mol. The van der Waals surface area contributed by atoms with Crippen molar-refractivity contribution in [1.82, 2.24) is 9.97 Å². The standard InChI is InChI=1S/C14H17N3OS/c1-3-5-10-8-12(18)17-14(16-10)19-13-9(2)6-4-7-11(13)15/h4,6-8H,3,5,15H2,1-2H3,(H,16,17,18). The summed E-state index contributed by atoms with van der Waals surface area (Å²) in [4.78, 5) is 19.8. The van der Waals surface area contributed by atoms with Crippen LogP contribution in [0.3, 0.4) is 0 Å². The van der Waals surface area contributed by atoms with Crippen molar-refractivity contribution in [2.45, 2.75) is 36.7 Å². The first-order valence-corrected chi connectivity index (χ1v) is 7.05. The number of hydrogen-bond acceptors (Lipinski definition) is 4. The zero-order valence-corrected chi connectivity index (χ0v) is 11.9. The van der Waals surface area contributed by atoms with Crippen LogP contribution in [0.25, 0.3) is 0 Å². The number of aromatic nitrogens is 2. The lowest BCUT2D eigenvalue weighted by atomic mass is 10.2. The number of nitrogens with one attached hydrogen (secondary N) is 1. The maximum atomic E-state index is 11.6. The van der Waals surface area contributed by atoms with Gasteiger partial charge in [0.1, 0.15) is 0 Å². The molecule has 0 aliphatic carbocycles. The van der Waals surface area contributed by atoms with Crippen LogP contribution in [-0.2, 0) is 6.42 Å². The lowest BCUT2D eigenvalue weighted by Gasteiger charge is -2.08.